The van der Waals surface area contributed by atoms with Crippen LogP contribution in [0.1, 0.15) is 32.6 Å². The SMILES string of the molecule is C=CCCC(NCC(C)CO)C1CC1. The molecule has 14 heavy (non-hydrogen) atoms. The van der Waals surface area contributed by atoms with Crippen molar-refractivity contribution in [3.8, 4) is 0 Å². The summed E-state index contributed by atoms with van der Waals surface area (Å²) in [6.07, 6.45) is 7.05. The second kappa shape index (κ2) is 6.20. The molecule has 0 aromatic rings. The summed E-state index contributed by atoms with van der Waals surface area (Å²) in [5.41, 5.74) is 0. The summed E-state index contributed by atoms with van der Waals surface area (Å²) in [6, 6.07) is 0.655. The predicted molar refractivity (Wildman–Crippen MR) is 60.2 cm³/mol. The summed E-state index contributed by atoms with van der Waals surface area (Å²) in [7, 11) is 0. The maximum atomic E-state index is 8.92. The zero-order chi connectivity index (χ0) is 10.4. The van der Waals surface area contributed by atoms with Crippen LogP contribution in [0.3, 0.4) is 0 Å². The number of aliphatic hydroxyl groups is 1. The van der Waals surface area contributed by atoms with Gasteiger partial charge >= 0.3 is 0 Å². The van der Waals surface area contributed by atoms with E-state index in [1.807, 2.05) is 6.08 Å². The number of nitrogens with one attached hydrogen (secondary N) is 1. The molecule has 2 N–H and O–H groups in total. The van der Waals surface area contributed by atoms with Crippen LogP contribution in [0.25, 0.3) is 0 Å². The molecule has 1 fully saturated rings. The van der Waals surface area contributed by atoms with Gasteiger partial charge in [-0.15, -0.1) is 6.58 Å². The second-order valence-electron chi connectivity index (χ2n) is 4.51. The van der Waals surface area contributed by atoms with E-state index in [0.29, 0.717) is 12.0 Å². The van der Waals surface area contributed by atoms with Gasteiger partial charge in [0.15, 0.2) is 0 Å². The predicted octanol–water partition coefficient (Wildman–Crippen LogP) is 1.95. The molecule has 0 aromatic carbocycles. The molecule has 0 heterocycles. The van der Waals surface area contributed by atoms with E-state index in [-0.39, 0.29) is 6.61 Å². The molecule has 0 bridgehead atoms. The van der Waals surface area contributed by atoms with Gasteiger partial charge in [-0.1, -0.05) is 13.0 Å². The van der Waals surface area contributed by atoms with Gasteiger partial charge in [-0.25, -0.2) is 0 Å². The molecule has 1 aliphatic carbocycles. The first-order valence-corrected chi connectivity index (χ1v) is 5.73. The Morgan fingerprint density at radius 2 is 2.29 bits per heavy atom. The second-order valence-corrected chi connectivity index (χ2v) is 4.51. The third kappa shape index (κ3) is 4.25. The van der Waals surface area contributed by atoms with Crippen molar-refractivity contribution in [3.63, 3.8) is 0 Å². The fourth-order valence-electron chi connectivity index (χ4n) is 1.72. The number of hydrogen-bond acceptors (Lipinski definition) is 2. The number of aliphatic hydroxyl groups excluding tert-OH is 1. The van der Waals surface area contributed by atoms with Crippen molar-refractivity contribution in [1.82, 2.24) is 5.32 Å². The topological polar surface area (TPSA) is 32.3 Å². The Morgan fingerprint density at radius 3 is 2.79 bits per heavy atom. The van der Waals surface area contributed by atoms with Crippen molar-refractivity contribution < 1.29 is 5.11 Å². The first-order valence-electron chi connectivity index (χ1n) is 5.73. The molecule has 0 spiro atoms. The van der Waals surface area contributed by atoms with Crippen LogP contribution in [0.4, 0.5) is 0 Å². The lowest BCUT2D eigenvalue weighted by molar-refractivity contribution is 0.227. The van der Waals surface area contributed by atoms with E-state index in [9.17, 15) is 0 Å². The molecule has 2 nitrogen and oxygen atoms in total. The quantitative estimate of drug-likeness (QED) is 0.583. The number of allylic oxidation sites excluding steroid dienone is 1. The first kappa shape index (κ1) is 11.7. The highest BCUT2D eigenvalue weighted by Gasteiger charge is 2.30. The van der Waals surface area contributed by atoms with Crippen LogP contribution < -0.4 is 5.32 Å². The van der Waals surface area contributed by atoms with Crippen molar-refractivity contribution in [2.45, 2.75) is 38.6 Å². The Kier molecular flexibility index (Phi) is 5.20. The highest BCUT2D eigenvalue weighted by Crippen LogP contribution is 2.34. The van der Waals surface area contributed by atoms with Gasteiger partial charge in [0.25, 0.3) is 0 Å². The van der Waals surface area contributed by atoms with Gasteiger partial charge in [-0.05, 0) is 37.5 Å². The summed E-state index contributed by atoms with van der Waals surface area (Å²) < 4.78 is 0. The monoisotopic (exact) mass is 197 g/mol. The fourth-order valence-corrected chi connectivity index (χ4v) is 1.72. The van der Waals surface area contributed by atoms with Crippen molar-refractivity contribution in [3.05, 3.63) is 12.7 Å². The first-order chi connectivity index (χ1) is 6.77. The minimum absolute atomic E-state index is 0.284. The Morgan fingerprint density at radius 1 is 1.57 bits per heavy atom. The molecule has 0 amide bonds. The van der Waals surface area contributed by atoms with Crippen LogP contribution in [0.2, 0.25) is 0 Å². The summed E-state index contributed by atoms with van der Waals surface area (Å²) in [5, 5.41) is 12.5. The van der Waals surface area contributed by atoms with Gasteiger partial charge in [-0.2, -0.15) is 0 Å². The molecular formula is C12H23NO. The van der Waals surface area contributed by atoms with Crippen LogP contribution in [-0.2, 0) is 0 Å². The Labute approximate surface area is 87.4 Å². The largest absolute Gasteiger partial charge is 0.396 e. The lowest BCUT2D eigenvalue weighted by atomic mass is 10.1. The molecular weight excluding hydrogens is 174 g/mol. The molecule has 0 radical (unpaired) electrons. The van der Waals surface area contributed by atoms with Gasteiger partial charge in [-0.3, -0.25) is 0 Å². The maximum Gasteiger partial charge on any atom is 0.0468 e. The normalized spacial score (nSPS) is 20.4. The van der Waals surface area contributed by atoms with Crippen LogP contribution in [0.5, 0.6) is 0 Å². The zero-order valence-electron chi connectivity index (χ0n) is 9.21. The molecule has 1 rings (SSSR count). The molecule has 82 valence electrons. The average Bonchev–Trinajstić information content (AvgIpc) is 3.01. The molecule has 2 unspecified atom stereocenters. The van der Waals surface area contributed by atoms with Crippen LogP contribution in [-0.4, -0.2) is 24.3 Å². The Bertz CT molecular complexity index is 166. The smallest absolute Gasteiger partial charge is 0.0468 e. The molecule has 2 heteroatoms. The van der Waals surface area contributed by atoms with E-state index >= 15 is 0 Å². The van der Waals surface area contributed by atoms with Gasteiger partial charge in [0.1, 0.15) is 0 Å². The molecule has 1 aliphatic rings. The minimum Gasteiger partial charge on any atom is -0.396 e. The van der Waals surface area contributed by atoms with E-state index in [0.717, 1.165) is 18.9 Å². The van der Waals surface area contributed by atoms with E-state index in [1.54, 1.807) is 0 Å². The summed E-state index contributed by atoms with van der Waals surface area (Å²) >= 11 is 0. The third-order valence-corrected chi connectivity index (χ3v) is 2.91. The third-order valence-electron chi connectivity index (χ3n) is 2.91. The standard InChI is InChI=1S/C12H23NO/c1-3-4-5-12(11-6-7-11)13-8-10(2)9-14/h3,10-14H,1,4-9H2,2H3. The van der Waals surface area contributed by atoms with Crippen molar-refractivity contribution in [1.29, 1.82) is 0 Å². The average molecular weight is 197 g/mol. The van der Waals surface area contributed by atoms with E-state index in [2.05, 4.69) is 18.8 Å². The summed E-state index contributed by atoms with van der Waals surface area (Å²) in [4.78, 5) is 0. The maximum absolute atomic E-state index is 8.92. The van der Waals surface area contributed by atoms with E-state index in [1.165, 1.54) is 19.3 Å². The fraction of sp³-hybridized carbons (Fsp3) is 0.833. The lowest BCUT2D eigenvalue weighted by Crippen LogP contribution is -2.35. The van der Waals surface area contributed by atoms with Gasteiger partial charge in [0.05, 0.1) is 0 Å². The van der Waals surface area contributed by atoms with Crippen LogP contribution in [0.15, 0.2) is 12.7 Å². The van der Waals surface area contributed by atoms with Crippen molar-refractivity contribution in [2.75, 3.05) is 13.2 Å². The van der Waals surface area contributed by atoms with Crippen molar-refractivity contribution >= 4 is 0 Å². The summed E-state index contributed by atoms with van der Waals surface area (Å²) in [5.74, 6) is 1.26. The van der Waals surface area contributed by atoms with Gasteiger partial charge < -0.3 is 10.4 Å². The van der Waals surface area contributed by atoms with E-state index in [4.69, 9.17) is 5.11 Å². The number of hydrogen-bond donors (Lipinski definition) is 2. The zero-order valence-corrected chi connectivity index (χ0v) is 9.21. The van der Waals surface area contributed by atoms with E-state index < -0.39 is 0 Å². The molecule has 0 aromatic heterocycles. The minimum atomic E-state index is 0.284. The van der Waals surface area contributed by atoms with Crippen LogP contribution in [0, 0.1) is 11.8 Å². The molecule has 0 aliphatic heterocycles. The lowest BCUT2D eigenvalue weighted by Gasteiger charge is -2.19. The van der Waals surface area contributed by atoms with Crippen LogP contribution >= 0.6 is 0 Å². The van der Waals surface area contributed by atoms with Crippen molar-refractivity contribution in [2.24, 2.45) is 11.8 Å². The molecule has 2 atom stereocenters. The van der Waals surface area contributed by atoms with Gasteiger partial charge in [0.2, 0.25) is 0 Å². The summed E-state index contributed by atoms with van der Waals surface area (Å²) in [6.45, 7) is 7.05. The molecule has 0 saturated heterocycles. The highest BCUT2D eigenvalue weighted by molar-refractivity contribution is 4.88. The van der Waals surface area contributed by atoms with Gasteiger partial charge in [0, 0.05) is 19.2 Å². The highest BCUT2D eigenvalue weighted by atomic mass is 16.3. The Hall–Kier alpha value is -0.340. The molecule has 1 saturated carbocycles. The number of rotatable bonds is 8. The Balaban J connectivity index is 2.17.